The number of benzene rings is 2. The number of hydrogen-bond acceptors (Lipinski definition) is 3. The van der Waals surface area contributed by atoms with Crippen LogP contribution >= 0.6 is 0 Å². The summed E-state index contributed by atoms with van der Waals surface area (Å²) in [5, 5.41) is 12.7. The summed E-state index contributed by atoms with van der Waals surface area (Å²) in [6, 6.07) is 13.9. The van der Waals surface area contributed by atoms with Crippen LogP contribution in [0.1, 0.15) is 26.2 Å². The number of piperidine rings is 1. The van der Waals surface area contributed by atoms with Crippen LogP contribution in [-0.4, -0.2) is 41.2 Å². The van der Waals surface area contributed by atoms with E-state index in [1.54, 1.807) is 11.8 Å². The minimum absolute atomic E-state index is 0.0273. The van der Waals surface area contributed by atoms with Crippen molar-refractivity contribution in [2.75, 3.05) is 13.2 Å². The average Bonchev–Trinajstić information content (AvgIpc) is 2.59. The number of carbonyl (C=O) groups is 1. The SMILES string of the molecule is CC(=O)N1CCCC[C@H]1[C@H](O)COc1ccc2ccccc2c1. The summed E-state index contributed by atoms with van der Waals surface area (Å²) >= 11 is 0. The molecule has 122 valence electrons. The molecule has 2 aromatic rings. The molecule has 0 unspecified atom stereocenters. The van der Waals surface area contributed by atoms with Crippen LogP contribution in [0.25, 0.3) is 10.8 Å². The van der Waals surface area contributed by atoms with Crippen LogP contribution in [0.15, 0.2) is 42.5 Å². The van der Waals surface area contributed by atoms with Gasteiger partial charge in [-0.1, -0.05) is 30.3 Å². The molecule has 23 heavy (non-hydrogen) atoms. The van der Waals surface area contributed by atoms with Crippen LogP contribution < -0.4 is 4.74 Å². The van der Waals surface area contributed by atoms with Crippen LogP contribution in [0.3, 0.4) is 0 Å². The van der Waals surface area contributed by atoms with E-state index in [2.05, 4.69) is 6.07 Å². The number of fused-ring (bicyclic) bond motifs is 1. The van der Waals surface area contributed by atoms with Crippen molar-refractivity contribution in [3.8, 4) is 5.75 Å². The van der Waals surface area contributed by atoms with Crippen LogP contribution in [0, 0.1) is 0 Å². The molecule has 1 saturated heterocycles. The molecule has 1 N–H and O–H groups in total. The second kappa shape index (κ2) is 7.01. The lowest BCUT2D eigenvalue weighted by Crippen LogP contribution is -2.50. The lowest BCUT2D eigenvalue weighted by molar-refractivity contribution is -0.136. The first-order valence-corrected chi connectivity index (χ1v) is 8.22. The van der Waals surface area contributed by atoms with E-state index in [0.717, 1.165) is 42.3 Å². The Kier molecular flexibility index (Phi) is 4.82. The van der Waals surface area contributed by atoms with Crippen molar-refractivity contribution in [1.29, 1.82) is 0 Å². The van der Waals surface area contributed by atoms with Gasteiger partial charge in [-0.2, -0.15) is 0 Å². The fourth-order valence-corrected chi connectivity index (χ4v) is 3.30. The lowest BCUT2D eigenvalue weighted by atomic mass is 9.97. The fourth-order valence-electron chi connectivity index (χ4n) is 3.30. The molecule has 2 atom stereocenters. The standard InChI is InChI=1S/C19H23NO3/c1-14(21)20-11-5-4-8-18(20)19(22)13-23-17-10-9-15-6-2-3-7-16(15)12-17/h2-3,6-7,9-10,12,18-19,22H,4-5,8,11,13H2,1H3/t18-,19+/m0/s1. The maximum Gasteiger partial charge on any atom is 0.219 e. The van der Waals surface area contributed by atoms with Gasteiger partial charge in [0.25, 0.3) is 0 Å². The van der Waals surface area contributed by atoms with Gasteiger partial charge in [0.1, 0.15) is 18.5 Å². The third-order valence-electron chi connectivity index (χ3n) is 4.54. The summed E-state index contributed by atoms with van der Waals surface area (Å²) < 4.78 is 5.77. The maximum absolute atomic E-state index is 11.7. The van der Waals surface area contributed by atoms with E-state index in [9.17, 15) is 9.90 Å². The van der Waals surface area contributed by atoms with Crippen LogP contribution in [0.2, 0.25) is 0 Å². The van der Waals surface area contributed by atoms with E-state index in [1.165, 1.54) is 0 Å². The highest BCUT2D eigenvalue weighted by Crippen LogP contribution is 2.23. The molecule has 1 fully saturated rings. The quantitative estimate of drug-likeness (QED) is 0.944. The predicted octanol–water partition coefficient (Wildman–Crippen LogP) is 2.98. The van der Waals surface area contributed by atoms with E-state index < -0.39 is 6.10 Å². The van der Waals surface area contributed by atoms with Crippen molar-refractivity contribution in [2.24, 2.45) is 0 Å². The summed E-state index contributed by atoms with van der Waals surface area (Å²) in [7, 11) is 0. The van der Waals surface area contributed by atoms with Gasteiger partial charge in [-0.05, 0) is 42.2 Å². The van der Waals surface area contributed by atoms with Crippen molar-refractivity contribution in [3.63, 3.8) is 0 Å². The van der Waals surface area contributed by atoms with E-state index in [4.69, 9.17) is 4.74 Å². The number of aliphatic hydroxyl groups excluding tert-OH is 1. The molecule has 4 heteroatoms. The van der Waals surface area contributed by atoms with Crippen molar-refractivity contribution < 1.29 is 14.6 Å². The monoisotopic (exact) mass is 313 g/mol. The number of aliphatic hydroxyl groups is 1. The lowest BCUT2D eigenvalue weighted by Gasteiger charge is -2.37. The van der Waals surface area contributed by atoms with Gasteiger partial charge in [0, 0.05) is 13.5 Å². The summed E-state index contributed by atoms with van der Waals surface area (Å²) in [5.74, 6) is 0.771. The number of hydrogen-bond donors (Lipinski definition) is 1. The minimum atomic E-state index is -0.661. The molecular weight excluding hydrogens is 290 g/mol. The van der Waals surface area contributed by atoms with Crippen LogP contribution in [0.4, 0.5) is 0 Å². The Hall–Kier alpha value is -2.07. The van der Waals surface area contributed by atoms with Gasteiger partial charge in [-0.15, -0.1) is 0 Å². The van der Waals surface area contributed by atoms with Gasteiger partial charge in [0.2, 0.25) is 5.91 Å². The second-order valence-electron chi connectivity index (χ2n) is 6.16. The van der Waals surface area contributed by atoms with Crippen LogP contribution in [0.5, 0.6) is 5.75 Å². The molecule has 1 aliphatic rings. The Labute approximate surface area is 136 Å². The van der Waals surface area contributed by atoms with Crippen molar-refractivity contribution in [1.82, 2.24) is 4.90 Å². The molecule has 0 aliphatic carbocycles. The first kappa shape index (κ1) is 15.8. The predicted molar refractivity (Wildman–Crippen MR) is 90.5 cm³/mol. The Morgan fingerprint density at radius 1 is 1.26 bits per heavy atom. The normalized spacial score (nSPS) is 19.6. The topological polar surface area (TPSA) is 49.8 Å². The van der Waals surface area contributed by atoms with Gasteiger partial charge < -0.3 is 14.7 Å². The van der Waals surface area contributed by atoms with Gasteiger partial charge in [-0.25, -0.2) is 0 Å². The summed E-state index contributed by atoms with van der Waals surface area (Å²) in [5.41, 5.74) is 0. The molecule has 3 rings (SSSR count). The summed E-state index contributed by atoms with van der Waals surface area (Å²) in [6.45, 7) is 2.50. The van der Waals surface area contributed by atoms with E-state index in [1.807, 2.05) is 36.4 Å². The number of carbonyl (C=O) groups excluding carboxylic acids is 1. The van der Waals surface area contributed by atoms with Crippen LogP contribution in [-0.2, 0) is 4.79 Å². The van der Waals surface area contributed by atoms with E-state index >= 15 is 0 Å². The molecule has 0 spiro atoms. The van der Waals surface area contributed by atoms with Crippen molar-refractivity contribution >= 4 is 16.7 Å². The zero-order valence-corrected chi connectivity index (χ0v) is 13.4. The number of nitrogens with zero attached hydrogens (tertiary/aromatic N) is 1. The summed E-state index contributed by atoms with van der Waals surface area (Å²) in [6.07, 6.45) is 2.23. The maximum atomic E-state index is 11.7. The second-order valence-corrected chi connectivity index (χ2v) is 6.16. The average molecular weight is 313 g/mol. The number of rotatable bonds is 4. The fraction of sp³-hybridized carbons (Fsp3) is 0.421. The van der Waals surface area contributed by atoms with Gasteiger partial charge in [0.15, 0.2) is 0 Å². The van der Waals surface area contributed by atoms with Gasteiger partial charge in [-0.3, -0.25) is 4.79 Å². The third-order valence-corrected chi connectivity index (χ3v) is 4.54. The molecule has 0 bridgehead atoms. The van der Waals surface area contributed by atoms with Gasteiger partial charge >= 0.3 is 0 Å². The van der Waals surface area contributed by atoms with Crippen molar-refractivity contribution in [3.05, 3.63) is 42.5 Å². The molecule has 0 saturated carbocycles. The molecule has 0 aromatic heterocycles. The van der Waals surface area contributed by atoms with E-state index in [-0.39, 0.29) is 18.6 Å². The van der Waals surface area contributed by atoms with E-state index in [0.29, 0.717) is 0 Å². The summed E-state index contributed by atoms with van der Waals surface area (Å²) in [4.78, 5) is 13.5. The number of ether oxygens (including phenoxy) is 1. The molecule has 2 aromatic carbocycles. The van der Waals surface area contributed by atoms with Gasteiger partial charge in [0.05, 0.1) is 6.04 Å². The number of likely N-dealkylation sites (tertiary alicyclic amines) is 1. The number of amides is 1. The molecule has 1 amide bonds. The minimum Gasteiger partial charge on any atom is -0.491 e. The zero-order chi connectivity index (χ0) is 16.2. The zero-order valence-electron chi connectivity index (χ0n) is 13.4. The molecular formula is C19H23NO3. The highest BCUT2D eigenvalue weighted by atomic mass is 16.5. The largest absolute Gasteiger partial charge is 0.491 e. The Morgan fingerprint density at radius 3 is 2.83 bits per heavy atom. The first-order valence-electron chi connectivity index (χ1n) is 8.22. The Morgan fingerprint density at radius 2 is 2.04 bits per heavy atom. The Bertz CT molecular complexity index is 685. The molecule has 1 heterocycles. The first-order chi connectivity index (χ1) is 11.1. The smallest absolute Gasteiger partial charge is 0.219 e. The third kappa shape index (κ3) is 3.64. The Balaban J connectivity index is 1.64. The molecule has 0 radical (unpaired) electrons. The highest BCUT2D eigenvalue weighted by Gasteiger charge is 2.30. The molecule has 1 aliphatic heterocycles. The molecule has 4 nitrogen and oxygen atoms in total. The van der Waals surface area contributed by atoms with Crippen molar-refractivity contribution in [2.45, 2.75) is 38.3 Å². The highest BCUT2D eigenvalue weighted by molar-refractivity contribution is 5.83.